The zero-order chi connectivity index (χ0) is 20.3. The number of rotatable bonds is 6. The fourth-order valence-electron chi connectivity index (χ4n) is 3.31. The minimum absolute atomic E-state index is 0.165. The Kier molecular flexibility index (Phi) is 6.49. The average molecular weight is 423 g/mol. The molecule has 1 aliphatic rings. The van der Waals surface area contributed by atoms with E-state index in [9.17, 15) is 4.79 Å². The molecule has 0 radical (unpaired) electrons. The Morgan fingerprint density at radius 1 is 1.39 bits per heavy atom. The Morgan fingerprint density at radius 3 is 2.79 bits per heavy atom. The zero-order valence-corrected chi connectivity index (χ0v) is 17.0. The minimum Gasteiger partial charge on any atom is -0.383 e. The van der Waals surface area contributed by atoms with Crippen LogP contribution in [0.4, 0.5) is 5.82 Å². The summed E-state index contributed by atoms with van der Waals surface area (Å²) < 4.78 is 1.38. The number of hydrogen-bond acceptors (Lipinski definition) is 5. The molecule has 1 aromatic heterocycles. The standard InChI is InChI=1S/C19H24Cl2N6O/c1-12(26-7-3-4-13(8-22)10-26)24-9-17-18(23)27(19(28)25-17)11-14-15(20)5-2-6-16(14)21/h2,5-6,9,13H,1,3-4,7-8,10-11,22-23H2,(H,25,28). The molecule has 1 atom stereocenters. The molecule has 0 saturated carbocycles. The third kappa shape index (κ3) is 4.43. The van der Waals surface area contributed by atoms with E-state index in [4.69, 9.17) is 34.7 Å². The van der Waals surface area contributed by atoms with Gasteiger partial charge in [-0.1, -0.05) is 35.8 Å². The number of halogens is 2. The molecule has 9 heteroatoms. The van der Waals surface area contributed by atoms with Crippen molar-refractivity contribution in [3.8, 4) is 0 Å². The number of nitrogens with zero attached hydrogens (tertiary/aromatic N) is 3. The first-order chi connectivity index (χ1) is 13.4. The summed E-state index contributed by atoms with van der Waals surface area (Å²) in [6.07, 6.45) is 3.71. The van der Waals surface area contributed by atoms with Crippen molar-refractivity contribution in [1.29, 1.82) is 0 Å². The number of aromatic amines is 1. The second-order valence-corrected chi connectivity index (χ2v) is 7.69. The zero-order valence-electron chi connectivity index (χ0n) is 15.5. The number of imidazole rings is 1. The Hall–Kier alpha value is -2.22. The van der Waals surface area contributed by atoms with Crippen LogP contribution < -0.4 is 17.2 Å². The number of H-pyrrole nitrogens is 1. The summed E-state index contributed by atoms with van der Waals surface area (Å²) in [4.78, 5) is 21.6. The molecule has 0 amide bonds. The summed E-state index contributed by atoms with van der Waals surface area (Å²) >= 11 is 12.4. The SMILES string of the molecule is C=C(N=Cc1[nH]c(=O)n(Cc2c(Cl)cccc2Cl)c1N)N1CCCC(CN)C1. The van der Waals surface area contributed by atoms with Gasteiger partial charge in [0.05, 0.1) is 12.8 Å². The number of aromatic nitrogens is 2. The van der Waals surface area contributed by atoms with E-state index >= 15 is 0 Å². The minimum atomic E-state index is -0.360. The van der Waals surface area contributed by atoms with Gasteiger partial charge in [0.2, 0.25) is 0 Å². The first kappa shape index (κ1) is 20.5. The van der Waals surface area contributed by atoms with Crippen LogP contribution in [-0.4, -0.2) is 40.3 Å². The van der Waals surface area contributed by atoms with Crippen molar-refractivity contribution < 1.29 is 0 Å². The first-order valence-electron chi connectivity index (χ1n) is 9.09. The van der Waals surface area contributed by atoms with E-state index < -0.39 is 0 Å². The monoisotopic (exact) mass is 422 g/mol. The lowest BCUT2D eigenvalue weighted by atomic mass is 9.98. The summed E-state index contributed by atoms with van der Waals surface area (Å²) in [6, 6.07) is 5.18. The molecular formula is C19H24Cl2N6O. The molecule has 2 aromatic rings. The molecule has 150 valence electrons. The van der Waals surface area contributed by atoms with Crippen molar-refractivity contribution in [1.82, 2.24) is 14.5 Å². The number of likely N-dealkylation sites (tertiary alicyclic amines) is 1. The maximum atomic E-state index is 12.3. The fraction of sp³-hybridized carbons (Fsp3) is 0.368. The lowest BCUT2D eigenvalue weighted by Gasteiger charge is -2.33. The Bertz CT molecular complexity index is 928. The molecule has 1 fully saturated rings. The van der Waals surface area contributed by atoms with Gasteiger partial charge in [-0.2, -0.15) is 0 Å². The molecule has 1 saturated heterocycles. The highest BCUT2D eigenvalue weighted by Crippen LogP contribution is 2.25. The van der Waals surface area contributed by atoms with Crippen LogP contribution in [-0.2, 0) is 6.54 Å². The van der Waals surface area contributed by atoms with Gasteiger partial charge >= 0.3 is 5.69 Å². The van der Waals surface area contributed by atoms with Gasteiger partial charge in [0, 0.05) is 28.7 Å². The molecule has 5 N–H and O–H groups in total. The van der Waals surface area contributed by atoms with Crippen molar-refractivity contribution in [3.63, 3.8) is 0 Å². The number of nitrogen functional groups attached to an aromatic ring is 1. The van der Waals surface area contributed by atoms with Gasteiger partial charge in [-0.25, -0.2) is 9.79 Å². The third-order valence-electron chi connectivity index (χ3n) is 4.99. The highest BCUT2D eigenvalue weighted by molar-refractivity contribution is 6.36. The Morgan fingerprint density at radius 2 is 2.11 bits per heavy atom. The van der Waals surface area contributed by atoms with E-state index in [0.29, 0.717) is 39.6 Å². The number of benzene rings is 1. The molecule has 1 aromatic carbocycles. The summed E-state index contributed by atoms with van der Waals surface area (Å²) in [5, 5.41) is 0.950. The molecule has 0 bridgehead atoms. The van der Waals surface area contributed by atoms with Crippen molar-refractivity contribution in [2.45, 2.75) is 19.4 Å². The summed E-state index contributed by atoms with van der Waals surface area (Å²) in [6.45, 7) is 6.58. The van der Waals surface area contributed by atoms with Crippen LogP contribution in [0, 0.1) is 5.92 Å². The number of aliphatic imine (C=N–C) groups is 1. The molecule has 3 rings (SSSR count). The van der Waals surface area contributed by atoms with Gasteiger partial charge in [0.25, 0.3) is 0 Å². The second kappa shape index (κ2) is 8.86. The quantitative estimate of drug-likeness (QED) is 0.622. The lowest BCUT2D eigenvalue weighted by Crippen LogP contribution is -2.37. The van der Waals surface area contributed by atoms with Crippen LogP contribution in [0.3, 0.4) is 0 Å². The van der Waals surface area contributed by atoms with E-state index in [1.165, 1.54) is 10.8 Å². The molecular weight excluding hydrogens is 399 g/mol. The van der Waals surface area contributed by atoms with Crippen LogP contribution in [0.25, 0.3) is 0 Å². The van der Waals surface area contributed by atoms with Crippen molar-refractivity contribution in [2.24, 2.45) is 16.6 Å². The van der Waals surface area contributed by atoms with Crippen LogP contribution in [0.15, 0.2) is 40.4 Å². The molecule has 28 heavy (non-hydrogen) atoms. The molecule has 7 nitrogen and oxygen atoms in total. The first-order valence-corrected chi connectivity index (χ1v) is 9.85. The summed E-state index contributed by atoms with van der Waals surface area (Å²) in [7, 11) is 0. The van der Waals surface area contributed by atoms with Gasteiger partial charge in [-0.15, -0.1) is 0 Å². The second-order valence-electron chi connectivity index (χ2n) is 6.88. The van der Waals surface area contributed by atoms with E-state index in [2.05, 4.69) is 21.5 Å². The number of nitrogens with two attached hydrogens (primary N) is 2. The lowest BCUT2D eigenvalue weighted by molar-refractivity contribution is 0.221. The maximum absolute atomic E-state index is 12.3. The van der Waals surface area contributed by atoms with E-state index in [1.807, 2.05) is 0 Å². The number of nitrogens with one attached hydrogen (secondary N) is 1. The van der Waals surface area contributed by atoms with Crippen LogP contribution >= 0.6 is 23.2 Å². The Balaban J connectivity index is 1.77. The average Bonchev–Trinajstić information content (AvgIpc) is 2.96. The Labute approximate surface area is 173 Å². The maximum Gasteiger partial charge on any atom is 0.327 e. The molecule has 0 aliphatic carbocycles. The highest BCUT2D eigenvalue weighted by Gasteiger charge is 2.19. The van der Waals surface area contributed by atoms with Crippen LogP contribution in [0.5, 0.6) is 0 Å². The van der Waals surface area contributed by atoms with Crippen LogP contribution in [0.2, 0.25) is 10.0 Å². The highest BCUT2D eigenvalue weighted by atomic mass is 35.5. The normalized spacial score (nSPS) is 17.4. The van der Waals surface area contributed by atoms with Gasteiger partial charge in [-0.05, 0) is 37.4 Å². The van der Waals surface area contributed by atoms with Crippen molar-refractivity contribution in [2.75, 3.05) is 25.4 Å². The van der Waals surface area contributed by atoms with E-state index in [1.54, 1.807) is 18.2 Å². The van der Waals surface area contributed by atoms with Crippen molar-refractivity contribution >= 4 is 35.2 Å². The number of anilines is 1. The van der Waals surface area contributed by atoms with Gasteiger partial charge < -0.3 is 21.4 Å². The van der Waals surface area contributed by atoms with Gasteiger partial charge in [0.1, 0.15) is 17.3 Å². The molecule has 1 unspecified atom stereocenters. The molecule has 2 heterocycles. The van der Waals surface area contributed by atoms with Gasteiger partial charge in [0.15, 0.2) is 0 Å². The van der Waals surface area contributed by atoms with E-state index in [0.717, 1.165) is 25.9 Å². The van der Waals surface area contributed by atoms with E-state index in [-0.39, 0.29) is 18.1 Å². The number of hydrogen-bond donors (Lipinski definition) is 3. The molecule has 0 spiro atoms. The smallest absolute Gasteiger partial charge is 0.327 e. The van der Waals surface area contributed by atoms with Gasteiger partial charge in [-0.3, -0.25) is 4.57 Å². The predicted octanol–water partition coefficient (Wildman–Crippen LogP) is 2.67. The molecule has 1 aliphatic heterocycles. The topological polar surface area (TPSA) is 105 Å². The third-order valence-corrected chi connectivity index (χ3v) is 5.70. The summed E-state index contributed by atoms with van der Waals surface area (Å²) in [5.41, 5.74) is 12.6. The van der Waals surface area contributed by atoms with Crippen LogP contribution in [0.1, 0.15) is 24.1 Å². The largest absolute Gasteiger partial charge is 0.383 e. The number of piperidine rings is 1. The summed E-state index contributed by atoms with van der Waals surface area (Å²) in [5.74, 6) is 1.34. The predicted molar refractivity (Wildman–Crippen MR) is 115 cm³/mol. The van der Waals surface area contributed by atoms with Crippen molar-refractivity contribution in [3.05, 3.63) is 62.4 Å². The fourth-order valence-corrected chi connectivity index (χ4v) is 3.83.